The lowest BCUT2D eigenvalue weighted by Crippen LogP contribution is -2.31. The van der Waals surface area contributed by atoms with E-state index in [0.717, 1.165) is 27.8 Å². The first-order chi connectivity index (χ1) is 15.2. The molecular weight excluding hydrogens is 402 g/mol. The zero-order valence-electron chi connectivity index (χ0n) is 17.2. The highest BCUT2D eigenvalue weighted by atomic mass is 35.5. The van der Waals surface area contributed by atoms with Crippen LogP contribution >= 0.6 is 11.6 Å². The maximum atomic E-state index is 13.5. The molecule has 4 rings (SSSR count). The van der Waals surface area contributed by atoms with Gasteiger partial charge in [0, 0.05) is 18.1 Å². The summed E-state index contributed by atoms with van der Waals surface area (Å²) in [6.45, 7) is 1.15. The van der Waals surface area contributed by atoms with Gasteiger partial charge in [-0.1, -0.05) is 109 Å². The highest BCUT2D eigenvalue weighted by Gasteiger charge is 2.17. The first-order valence-corrected chi connectivity index (χ1v) is 10.8. The van der Waals surface area contributed by atoms with Gasteiger partial charge in [-0.05, 0) is 39.9 Å². The molecule has 0 aromatic heterocycles. The van der Waals surface area contributed by atoms with E-state index in [9.17, 15) is 4.79 Å². The summed E-state index contributed by atoms with van der Waals surface area (Å²) in [6, 6.07) is 36.1. The van der Waals surface area contributed by atoms with Crippen molar-refractivity contribution >= 4 is 17.5 Å². The standard InChI is InChI=1S/C28H24ClNO/c29-26-16-9-15-24(18-26)27-17-8-7-14-25(27)19-28(31)30(20-22-10-3-1-4-11-22)21-23-12-5-2-6-13-23/h1-18H,19-21H2. The van der Waals surface area contributed by atoms with E-state index in [1.165, 1.54) is 0 Å². The van der Waals surface area contributed by atoms with Crippen molar-refractivity contribution in [1.82, 2.24) is 4.90 Å². The Morgan fingerprint density at radius 1 is 0.677 bits per heavy atom. The van der Waals surface area contributed by atoms with Gasteiger partial charge >= 0.3 is 0 Å². The molecule has 154 valence electrons. The largest absolute Gasteiger partial charge is 0.334 e. The SMILES string of the molecule is O=C(Cc1ccccc1-c1cccc(Cl)c1)N(Cc1ccccc1)Cc1ccccc1. The minimum atomic E-state index is 0.0992. The molecule has 3 heteroatoms. The van der Waals surface area contributed by atoms with Crippen molar-refractivity contribution in [2.75, 3.05) is 0 Å². The number of halogens is 1. The molecule has 0 saturated carbocycles. The Bertz CT molecular complexity index is 1100. The average Bonchev–Trinajstić information content (AvgIpc) is 2.80. The molecule has 4 aromatic rings. The number of nitrogens with zero attached hydrogens (tertiary/aromatic N) is 1. The topological polar surface area (TPSA) is 20.3 Å². The van der Waals surface area contributed by atoms with Gasteiger partial charge in [-0.3, -0.25) is 4.79 Å². The second kappa shape index (κ2) is 10.1. The van der Waals surface area contributed by atoms with E-state index in [0.29, 0.717) is 24.5 Å². The van der Waals surface area contributed by atoms with Crippen LogP contribution in [0.2, 0.25) is 5.02 Å². The zero-order valence-corrected chi connectivity index (χ0v) is 18.0. The first kappa shape index (κ1) is 20.9. The maximum absolute atomic E-state index is 13.5. The normalized spacial score (nSPS) is 10.6. The third-order valence-electron chi connectivity index (χ3n) is 5.28. The number of amides is 1. The lowest BCUT2D eigenvalue weighted by Gasteiger charge is -2.24. The van der Waals surface area contributed by atoms with Crippen LogP contribution < -0.4 is 0 Å². The van der Waals surface area contributed by atoms with E-state index in [1.807, 2.05) is 89.8 Å². The highest BCUT2D eigenvalue weighted by molar-refractivity contribution is 6.30. The van der Waals surface area contributed by atoms with Crippen LogP contribution in [0.15, 0.2) is 109 Å². The molecule has 0 unspecified atom stereocenters. The highest BCUT2D eigenvalue weighted by Crippen LogP contribution is 2.27. The van der Waals surface area contributed by atoms with Gasteiger partial charge in [0.1, 0.15) is 0 Å². The fraction of sp³-hybridized carbons (Fsp3) is 0.107. The Morgan fingerprint density at radius 2 is 1.26 bits per heavy atom. The quantitative estimate of drug-likeness (QED) is 0.319. The molecule has 1 amide bonds. The lowest BCUT2D eigenvalue weighted by molar-refractivity contribution is -0.131. The van der Waals surface area contributed by atoms with Gasteiger partial charge in [0.25, 0.3) is 0 Å². The summed E-state index contributed by atoms with van der Waals surface area (Å²) in [4.78, 5) is 15.4. The molecular formula is C28H24ClNO. The van der Waals surface area contributed by atoms with Crippen molar-refractivity contribution in [2.45, 2.75) is 19.5 Å². The van der Waals surface area contributed by atoms with E-state index >= 15 is 0 Å². The Kier molecular flexibility index (Phi) is 6.81. The van der Waals surface area contributed by atoms with E-state index in [1.54, 1.807) is 0 Å². The molecule has 31 heavy (non-hydrogen) atoms. The van der Waals surface area contributed by atoms with E-state index < -0.39 is 0 Å². The van der Waals surface area contributed by atoms with Crippen LogP contribution in [0.1, 0.15) is 16.7 Å². The van der Waals surface area contributed by atoms with Crippen molar-refractivity contribution in [1.29, 1.82) is 0 Å². The lowest BCUT2D eigenvalue weighted by atomic mass is 9.97. The molecule has 0 radical (unpaired) electrons. The molecule has 0 atom stereocenters. The van der Waals surface area contributed by atoms with Crippen molar-refractivity contribution in [2.24, 2.45) is 0 Å². The number of hydrogen-bond donors (Lipinski definition) is 0. The Morgan fingerprint density at radius 3 is 1.87 bits per heavy atom. The van der Waals surface area contributed by atoms with Gasteiger partial charge in [0.15, 0.2) is 0 Å². The van der Waals surface area contributed by atoms with Crippen molar-refractivity contribution in [3.8, 4) is 11.1 Å². The molecule has 0 aliphatic rings. The Hall–Kier alpha value is -3.36. The predicted octanol–water partition coefficient (Wildman–Crippen LogP) is 6.78. The summed E-state index contributed by atoms with van der Waals surface area (Å²) in [5.74, 6) is 0.0992. The second-order valence-corrected chi connectivity index (χ2v) is 8.00. The van der Waals surface area contributed by atoms with Gasteiger partial charge in [-0.25, -0.2) is 0 Å². The number of benzene rings is 4. The number of carbonyl (C=O) groups is 1. The summed E-state index contributed by atoms with van der Waals surface area (Å²) in [5, 5.41) is 0.688. The number of rotatable bonds is 7. The molecule has 0 spiro atoms. The van der Waals surface area contributed by atoms with Crippen molar-refractivity contribution < 1.29 is 4.79 Å². The number of carbonyl (C=O) groups excluding carboxylic acids is 1. The summed E-state index contributed by atoms with van der Waals surface area (Å²) >= 11 is 6.21. The average molecular weight is 426 g/mol. The predicted molar refractivity (Wildman–Crippen MR) is 128 cm³/mol. The molecule has 0 aliphatic heterocycles. The van der Waals surface area contributed by atoms with Crippen molar-refractivity contribution in [3.05, 3.63) is 131 Å². The van der Waals surface area contributed by atoms with Crippen LogP contribution in [0.3, 0.4) is 0 Å². The number of hydrogen-bond acceptors (Lipinski definition) is 1. The molecule has 0 N–H and O–H groups in total. The van der Waals surface area contributed by atoms with E-state index in [4.69, 9.17) is 11.6 Å². The molecule has 0 fully saturated rings. The van der Waals surface area contributed by atoms with Crippen LogP contribution in [0, 0.1) is 0 Å². The third-order valence-corrected chi connectivity index (χ3v) is 5.51. The van der Waals surface area contributed by atoms with E-state index in [2.05, 4.69) is 24.3 Å². The third kappa shape index (κ3) is 5.62. The fourth-order valence-electron chi connectivity index (χ4n) is 3.73. The van der Waals surface area contributed by atoms with E-state index in [-0.39, 0.29) is 5.91 Å². The molecule has 0 bridgehead atoms. The Balaban J connectivity index is 1.60. The molecule has 0 aliphatic carbocycles. The minimum absolute atomic E-state index is 0.0992. The monoisotopic (exact) mass is 425 g/mol. The van der Waals surface area contributed by atoms with Gasteiger partial charge in [-0.15, -0.1) is 0 Å². The second-order valence-electron chi connectivity index (χ2n) is 7.57. The summed E-state index contributed by atoms with van der Waals surface area (Å²) in [6.07, 6.45) is 0.336. The molecule has 2 nitrogen and oxygen atoms in total. The maximum Gasteiger partial charge on any atom is 0.227 e. The first-order valence-electron chi connectivity index (χ1n) is 10.4. The van der Waals surface area contributed by atoms with Gasteiger partial charge < -0.3 is 4.90 Å². The molecule has 4 aromatic carbocycles. The minimum Gasteiger partial charge on any atom is -0.334 e. The smallest absolute Gasteiger partial charge is 0.227 e. The van der Waals surface area contributed by atoms with Gasteiger partial charge in [0.05, 0.1) is 6.42 Å². The molecule has 0 heterocycles. The van der Waals surface area contributed by atoms with Crippen molar-refractivity contribution in [3.63, 3.8) is 0 Å². The fourth-order valence-corrected chi connectivity index (χ4v) is 3.92. The van der Waals surface area contributed by atoms with Crippen LogP contribution in [-0.2, 0) is 24.3 Å². The van der Waals surface area contributed by atoms with Gasteiger partial charge in [0.2, 0.25) is 5.91 Å². The van der Waals surface area contributed by atoms with Crippen LogP contribution in [0.5, 0.6) is 0 Å². The van der Waals surface area contributed by atoms with Crippen LogP contribution in [-0.4, -0.2) is 10.8 Å². The summed E-state index contributed by atoms with van der Waals surface area (Å²) in [5.41, 5.74) is 5.30. The zero-order chi connectivity index (χ0) is 21.5. The summed E-state index contributed by atoms with van der Waals surface area (Å²) in [7, 11) is 0. The molecule has 0 saturated heterocycles. The Labute approximate surface area is 188 Å². The van der Waals surface area contributed by atoms with Crippen LogP contribution in [0.25, 0.3) is 11.1 Å². The van der Waals surface area contributed by atoms with Gasteiger partial charge in [-0.2, -0.15) is 0 Å². The summed E-state index contributed by atoms with van der Waals surface area (Å²) < 4.78 is 0. The van der Waals surface area contributed by atoms with Crippen LogP contribution in [0.4, 0.5) is 0 Å².